The third-order valence-corrected chi connectivity index (χ3v) is 5.14. The van der Waals surface area contributed by atoms with E-state index in [2.05, 4.69) is 28.1 Å². The number of ether oxygens (including phenoxy) is 1. The first-order valence-corrected chi connectivity index (χ1v) is 9.56. The van der Waals surface area contributed by atoms with Crippen LogP contribution in [0.1, 0.15) is 11.1 Å². The molecular formula is C21H26ClN3O2. The van der Waals surface area contributed by atoms with E-state index in [4.69, 9.17) is 16.3 Å². The van der Waals surface area contributed by atoms with E-state index in [-0.39, 0.29) is 5.91 Å². The number of nitrogens with one attached hydrogen (secondary N) is 1. The minimum atomic E-state index is 0.0539. The molecular weight excluding hydrogens is 362 g/mol. The zero-order valence-electron chi connectivity index (χ0n) is 15.9. The van der Waals surface area contributed by atoms with Crippen LogP contribution in [0, 0.1) is 6.92 Å². The van der Waals surface area contributed by atoms with Crippen molar-refractivity contribution in [3.8, 4) is 5.75 Å². The number of amides is 1. The maximum atomic E-state index is 12.2. The fourth-order valence-corrected chi connectivity index (χ4v) is 3.44. The molecule has 1 N–H and O–H groups in total. The molecule has 5 nitrogen and oxygen atoms in total. The minimum Gasteiger partial charge on any atom is -0.497 e. The van der Waals surface area contributed by atoms with Gasteiger partial charge in [0.15, 0.2) is 0 Å². The minimum absolute atomic E-state index is 0.0539. The molecule has 1 amide bonds. The summed E-state index contributed by atoms with van der Waals surface area (Å²) in [6, 6.07) is 13.7. The Morgan fingerprint density at radius 2 is 1.81 bits per heavy atom. The SMILES string of the molecule is COc1ccc(CNC(=O)CN2CCN(c3cc(Cl)ccc3C)CC2)cc1. The molecule has 1 fully saturated rings. The monoisotopic (exact) mass is 387 g/mol. The molecule has 1 aliphatic rings. The van der Waals surface area contributed by atoms with Crippen LogP contribution < -0.4 is 15.0 Å². The first kappa shape index (κ1) is 19.5. The van der Waals surface area contributed by atoms with Gasteiger partial charge >= 0.3 is 0 Å². The average molecular weight is 388 g/mol. The molecule has 2 aromatic rings. The van der Waals surface area contributed by atoms with Gasteiger partial charge in [0.25, 0.3) is 0 Å². The van der Waals surface area contributed by atoms with Gasteiger partial charge in [-0.25, -0.2) is 0 Å². The Morgan fingerprint density at radius 1 is 1.11 bits per heavy atom. The molecule has 0 unspecified atom stereocenters. The number of rotatable bonds is 6. The fourth-order valence-electron chi connectivity index (χ4n) is 3.27. The lowest BCUT2D eigenvalue weighted by molar-refractivity contribution is -0.122. The maximum absolute atomic E-state index is 12.2. The normalized spacial score (nSPS) is 14.9. The first-order chi connectivity index (χ1) is 13.0. The van der Waals surface area contributed by atoms with Gasteiger partial charge in [-0.2, -0.15) is 0 Å². The number of anilines is 1. The van der Waals surface area contributed by atoms with E-state index < -0.39 is 0 Å². The summed E-state index contributed by atoms with van der Waals surface area (Å²) in [5.41, 5.74) is 3.47. The van der Waals surface area contributed by atoms with Crippen LogP contribution in [0.15, 0.2) is 42.5 Å². The number of aryl methyl sites for hydroxylation is 1. The van der Waals surface area contributed by atoms with Crippen molar-refractivity contribution in [3.63, 3.8) is 0 Å². The van der Waals surface area contributed by atoms with Crippen LogP contribution in [-0.4, -0.2) is 50.6 Å². The van der Waals surface area contributed by atoms with Gasteiger partial charge in [0.1, 0.15) is 5.75 Å². The van der Waals surface area contributed by atoms with Gasteiger partial charge in [-0.15, -0.1) is 0 Å². The Labute approximate surface area is 165 Å². The van der Waals surface area contributed by atoms with Gasteiger partial charge in [-0.05, 0) is 42.3 Å². The Kier molecular flexibility index (Phi) is 6.58. The van der Waals surface area contributed by atoms with Crippen molar-refractivity contribution in [2.45, 2.75) is 13.5 Å². The highest BCUT2D eigenvalue weighted by molar-refractivity contribution is 6.30. The number of piperazine rings is 1. The van der Waals surface area contributed by atoms with Crippen molar-refractivity contribution < 1.29 is 9.53 Å². The second-order valence-corrected chi connectivity index (χ2v) is 7.26. The van der Waals surface area contributed by atoms with Crippen LogP contribution in [0.2, 0.25) is 5.02 Å². The lowest BCUT2D eigenvalue weighted by Crippen LogP contribution is -2.49. The molecule has 0 aromatic heterocycles. The van der Waals surface area contributed by atoms with E-state index in [0.29, 0.717) is 13.1 Å². The summed E-state index contributed by atoms with van der Waals surface area (Å²) in [5, 5.41) is 3.75. The third kappa shape index (κ3) is 5.37. The van der Waals surface area contributed by atoms with Crippen molar-refractivity contribution in [2.24, 2.45) is 0 Å². The predicted octanol–water partition coefficient (Wildman–Crippen LogP) is 3.10. The topological polar surface area (TPSA) is 44.8 Å². The Morgan fingerprint density at radius 3 is 2.48 bits per heavy atom. The van der Waals surface area contributed by atoms with E-state index in [1.54, 1.807) is 7.11 Å². The molecule has 1 aliphatic heterocycles. The van der Waals surface area contributed by atoms with E-state index in [9.17, 15) is 4.79 Å². The van der Waals surface area contributed by atoms with Crippen LogP contribution in [0.4, 0.5) is 5.69 Å². The number of carbonyl (C=O) groups excluding carboxylic acids is 1. The summed E-state index contributed by atoms with van der Waals surface area (Å²) in [5.74, 6) is 0.871. The van der Waals surface area contributed by atoms with Crippen molar-refractivity contribution in [3.05, 3.63) is 58.6 Å². The summed E-state index contributed by atoms with van der Waals surface area (Å²) >= 11 is 6.14. The van der Waals surface area contributed by atoms with Gasteiger partial charge in [0.05, 0.1) is 13.7 Å². The smallest absolute Gasteiger partial charge is 0.234 e. The van der Waals surface area contributed by atoms with Crippen molar-refractivity contribution in [2.75, 3.05) is 44.7 Å². The average Bonchev–Trinajstić information content (AvgIpc) is 2.69. The van der Waals surface area contributed by atoms with E-state index in [0.717, 1.165) is 42.5 Å². The highest BCUT2D eigenvalue weighted by Crippen LogP contribution is 2.25. The highest BCUT2D eigenvalue weighted by Gasteiger charge is 2.20. The number of carbonyl (C=O) groups is 1. The lowest BCUT2D eigenvalue weighted by atomic mass is 10.1. The Balaban J connectivity index is 1.44. The number of methoxy groups -OCH3 is 1. The Bertz CT molecular complexity index is 771. The lowest BCUT2D eigenvalue weighted by Gasteiger charge is -2.36. The van der Waals surface area contributed by atoms with E-state index >= 15 is 0 Å². The molecule has 27 heavy (non-hydrogen) atoms. The van der Waals surface area contributed by atoms with Gasteiger partial charge in [0, 0.05) is 43.4 Å². The zero-order valence-corrected chi connectivity index (χ0v) is 16.6. The van der Waals surface area contributed by atoms with Crippen molar-refractivity contribution in [1.82, 2.24) is 10.2 Å². The highest BCUT2D eigenvalue weighted by atomic mass is 35.5. The molecule has 0 atom stereocenters. The van der Waals surface area contributed by atoms with Crippen LogP contribution in [0.5, 0.6) is 5.75 Å². The molecule has 2 aromatic carbocycles. The number of halogens is 1. The number of nitrogens with zero attached hydrogens (tertiary/aromatic N) is 2. The first-order valence-electron chi connectivity index (χ1n) is 9.18. The number of benzene rings is 2. The zero-order chi connectivity index (χ0) is 19.2. The van der Waals surface area contributed by atoms with Crippen molar-refractivity contribution >= 4 is 23.2 Å². The van der Waals surface area contributed by atoms with Gasteiger partial charge < -0.3 is 15.0 Å². The largest absolute Gasteiger partial charge is 0.497 e. The molecule has 3 rings (SSSR count). The van der Waals surface area contributed by atoms with E-state index in [1.165, 1.54) is 11.3 Å². The van der Waals surface area contributed by atoms with Crippen LogP contribution in [0.3, 0.4) is 0 Å². The summed E-state index contributed by atoms with van der Waals surface area (Å²) < 4.78 is 5.14. The van der Waals surface area contributed by atoms with Gasteiger partial charge in [0.2, 0.25) is 5.91 Å². The second-order valence-electron chi connectivity index (χ2n) is 6.82. The molecule has 0 spiro atoms. The van der Waals surface area contributed by atoms with Crippen molar-refractivity contribution in [1.29, 1.82) is 0 Å². The summed E-state index contributed by atoms with van der Waals surface area (Å²) in [4.78, 5) is 16.8. The number of hydrogen-bond acceptors (Lipinski definition) is 4. The number of hydrogen-bond donors (Lipinski definition) is 1. The quantitative estimate of drug-likeness (QED) is 0.827. The molecule has 0 bridgehead atoms. The van der Waals surface area contributed by atoms with E-state index in [1.807, 2.05) is 36.4 Å². The van der Waals surface area contributed by atoms with Crippen LogP contribution in [0.25, 0.3) is 0 Å². The standard InChI is InChI=1S/C21H26ClN3O2/c1-16-3-6-18(22)13-20(16)25-11-9-24(10-12-25)15-21(26)23-14-17-4-7-19(27-2)8-5-17/h3-8,13H,9-12,14-15H2,1-2H3,(H,23,26). The molecule has 1 saturated heterocycles. The maximum Gasteiger partial charge on any atom is 0.234 e. The molecule has 0 radical (unpaired) electrons. The predicted molar refractivity (Wildman–Crippen MR) is 110 cm³/mol. The second kappa shape index (κ2) is 9.11. The molecule has 144 valence electrons. The summed E-state index contributed by atoms with van der Waals surface area (Å²) in [6.07, 6.45) is 0. The summed E-state index contributed by atoms with van der Waals surface area (Å²) in [6.45, 7) is 6.58. The molecule has 6 heteroatoms. The van der Waals surface area contributed by atoms with Crippen LogP contribution >= 0.6 is 11.6 Å². The summed E-state index contributed by atoms with van der Waals surface area (Å²) in [7, 11) is 1.64. The van der Waals surface area contributed by atoms with Gasteiger partial charge in [-0.3, -0.25) is 9.69 Å². The Hall–Kier alpha value is -2.24. The molecule has 1 heterocycles. The molecule has 0 aliphatic carbocycles. The van der Waals surface area contributed by atoms with Gasteiger partial charge in [-0.1, -0.05) is 29.8 Å². The third-order valence-electron chi connectivity index (χ3n) is 4.90. The van der Waals surface area contributed by atoms with Crippen LogP contribution in [-0.2, 0) is 11.3 Å². The fraction of sp³-hybridized carbons (Fsp3) is 0.381. The molecule has 0 saturated carbocycles.